The molecule has 0 spiro atoms. The van der Waals surface area contributed by atoms with Crippen LogP contribution in [-0.4, -0.2) is 29.3 Å². The van der Waals surface area contributed by atoms with Gasteiger partial charge in [0.05, 0.1) is 24.8 Å². The molecule has 0 radical (unpaired) electrons. The van der Waals surface area contributed by atoms with Crippen molar-refractivity contribution in [3.63, 3.8) is 0 Å². The van der Waals surface area contributed by atoms with Crippen LogP contribution in [0.3, 0.4) is 0 Å². The van der Waals surface area contributed by atoms with Gasteiger partial charge >= 0.3 is 0 Å². The smallest absolute Gasteiger partial charge is 0.258 e. The molecule has 8 nitrogen and oxygen atoms in total. The molecule has 0 saturated heterocycles. The number of hydrogen-bond donors (Lipinski definition) is 1. The number of aromatic nitrogens is 2. The second-order valence-corrected chi connectivity index (χ2v) is 7.17. The lowest BCUT2D eigenvalue weighted by Crippen LogP contribution is -2.11. The maximum atomic E-state index is 12.5. The highest BCUT2D eigenvalue weighted by molar-refractivity contribution is 6.04. The first-order valence-corrected chi connectivity index (χ1v) is 10.8. The van der Waals surface area contributed by atoms with Crippen molar-refractivity contribution < 1.29 is 18.8 Å². The molecule has 170 valence electrons. The van der Waals surface area contributed by atoms with E-state index in [0.717, 1.165) is 0 Å². The van der Waals surface area contributed by atoms with Crippen molar-refractivity contribution in [1.82, 2.24) is 10.1 Å². The molecule has 1 aromatic heterocycles. The number of ether oxygens (including phenoxy) is 2. The predicted molar refractivity (Wildman–Crippen MR) is 127 cm³/mol. The molecule has 0 bridgehead atoms. The highest BCUT2D eigenvalue weighted by Crippen LogP contribution is 2.33. The summed E-state index contributed by atoms with van der Waals surface area (Å²) in [6.45, 7) is 4.84. The molecule has 4 aromatic rings. The molecule has 3 aromatic carbocycles. The minimum Gasteiger partial charge on any atom is -0.490 e. The minimum atomic E-state index is -0.284. The monoisotopic (exact) mass is 454 g/mol. The van der Waals surface area contributed by atoms with E-state index < -0.39 is 0 Å². The summed E-state index contributed by atoms with van der Waals surface area (Å²) in [5, 5.41) is 15.8. The van der Waals surface area contributed by atoms with Crippen molar-refractivity contribution in [2.45, 2.75) is 13.8 Å². The molecule has 1 amide bonds. The highest BCUT2D eigenvalue weighted by Gasteiger charge is 2.15. The third-order valence-electron chi connectivity index (χ3n) is 4.87. The van der Waals surface area contributed by atoms with Crippen molar-refractivity contribution in [3.8, 4) is 40.4 Å². The van der Waals surface area contributed by atoms with Crippen LogP contribution in [0.2, 0.25) is 0 Å². The van der Waals surface area contributed by atoms with Crippen molar-refractivity contribution in [2.75, 3.05) is 18.5 Å². The Morgan fingerprint density at radius 2 is 1.74 bits per heavy atom. The molecule has 0 fully saturated rings. The molecule has 0 saturated carbocycles. The van der Waals surface area contributed by atoms with Crippen LogP contribution in [0.4, 0.5) is 5.69 Å². The largest absolute Gasteiger partial charge is 0.490 e. The third kappa shape index (κ3) is 5.05. The van der Waals surface area contributed by atoms with Crippen LogP contribution in [0.25, 0.3) is 22.8 Å². The average Bonchev–Trinajstić information content (AvgIpc) is 3.36. The van der Waals surface area contributed by atoms with Gasteiger partial charge in [-0.1, -0.05) is 17.3 Å². The Balaban J connectivity index is 1.54. The molecular weight excluding hydrogens is 432 g/mol. The summed E-state index contributed by atoms with van der Waals surface area (Å²) in [4.78, 5) is 17.1. The summed E-state index contributed by atoms with van der Waals surface area (Å²) in [6, 6.07) is 21.1. The first-order chi connectivity index (χ1) is 16.6. The van der Waals surface area contributed by atoms with E-state index in [2.05, 4.69) is 15.5 Å². The average molecular weight is 454 g/mol. The molecule has 34 heavy (non-hydrogen) atoms. The maximum absolute atomic E-state index is 12.5. The van der Waals surface area contributed by atoms with Crippen LogP contribution < -0.4 is 14.8 Å². The van der Waals surface area contributed by atoms with E-state index in [-0.39, 0.29) is 5.91 Å². The minimum absolute atomic E-state index is 0.284. The van der Waals surface area contributed by atoms with Crippen LogP contribution in [0.5, 0.6) is 11.5 Å². The first-order valence-electron chi connectivity index (χ1n) is 10.8. The summed E-state index contributed by atoms with van der Waals surface area (Å²) >= 11 is 0. The van der Waals surface area contributed by atoms with Crippen molar-refractivity contribution in [1.29, 1.82) is 5.26 Å². The number of rotatable bonds is 8. The van der Waals surface area contributed by atoms with E-state index in [9.17, 15) is 4.79 Å². The number of carbonyl (C=O) groups is 1. The second kappa shape index (κ2) is 10.3. The van der Waals surface area contributed by atoms with E-state index in [0.29, 0.717) is 64.4 Å². The molecule has 0 aliphatic carbocycles. The number of nitrogens with zero attached hydrogens (tertiary/aromatic N) is 3. The predicted octanol–water partition coefficient (Wildman–Crippen LogP) is 5.32. The van der Waals surface area contributed by atoms with Crippen LogP contribution in [-0.2, 0) is 0 Å². The number of carbonyl (C=O) groups excluding carboxylic acids is 1. The number of amides is 1. The van der Waals surface area contributed by atoms with E-state index in [4.69, 9.17) is 19.3 Å². The normalized spacial score (nSPS) is 10.4. The molecule has 1 heterocycles. The SMILES string of the molecule is CCOc1ccc(-c2nc(-c3cccc(NC(=O)c4ccc(C#N)cc4)c3)no2)cc1OCC. The zero-order valence-electron chi connectivity index (χ0n) is 18.7. The molecule has 0 atom stereocenters. The van der Waals surface area contributed by atoms with E-state index in [1.165, 1.54) is 0 Å². The molecular formula is C26H22N4O4. The standard InChI is InChI=1S/C26H22N4O4/c1-3-32-22-13-12-20(15-23(22)33-4-2)26-29-24(30-34-26)19-6-5-7-21(14-19)28-25(31)18-10-8-17(16-27)9-11-18/h5-15H,3-4H2,1-2H3,(H,28,31). The van der Waals surface area contributed by atoms with Gasteiger partial charge in [-0.05, 0) is 68.4 Å². The van der Waals surface area contributed by atoms with E-state index in [1.807, 2.05) is 38.1 Å². The third-order valence-corrected chi connectivity index (χ3v) is 4.87. The fraction of sp³-hybridized carbons (Fsp3) is 0.154. The van der Waals surface area contributed by atoms with Crippen molar-refractivity contribution in [2.24, 2.45) is 0 Å². The molecule has 1 N–H and O–H groups in total. The molecule has 8 heteroatoms. The van der Waals surface area contributed by atoms with Crippen LogP contribution >= 0.6 is 0 Å². The van der Waals surface area contributed by atoms with Crippen molar-refractivity contribution >= 4 is 11.6 Å². The summed E-state index contributed by atoms with van der Waals surface area (Å²) in [7, 11) is 0. The van der Waals surface area contributed by atoms with Gasteiger partial charge in [-0.15, -0.1) is 0 Å². The Hall–Kier alpha value is -4.64. The zero-order valence-corrected chi connectivity index (χ0v) is 18.7. The van der Waals surface area contributed by atoms with Gasteiger partial charge in [-0.25, -0.2) is 0 Å². The first kappa shape index (κ1) is 22.6. The lowest BCUT2D eigenvalue weighted by atomic mass is 10.1. The lowest BCUT2D eigenvalue weighted by Gasteiger charge is -2.11. The van der Waals surface area contributed by atoms with Gasteiger partial charge in [0.2, 0.25) is 5.82 Å². The van der Waals surface area contributed by atoms with Gasteiger partial charge in [0.25, 0.3) is 11.8 Å². The Labute approximate surface area is 196 Å². The maximum Gasteiger partial charge on any atom is 0.258 e. The highest BCUT2D eigenvalue weighted by atomic mass is 16.5. The lowest BCUT2D eigenvalue weighted by molar-refractivity contribution is 0.102. The summed E-state index contributed by atoms with van der Waals surface area (Å²) in [6.07, 6.45) is 0. The molecule has 0 aliphatic heterocycles. The number of nitriles is 1. The van der Waals surface area contributed by atoms with Gasteiger partial charge in [0, 0.05) is 22.4 Å². The fourth-order valence-electron chi connectivity index (χ4n) is 3.28. The van der Waals surface area contributed by atoms with Crippen molar-refractivity contribution in [3.05, 3.63) is 77.9 Å². The van der Waals surface area contributed by atoms with Gasteiger partial charge in [-0.3, -0.25) is 4.79 Å². The van der Waals surface area contributed by atoms with Gasteiger partial charge in [0.1, 0.15) is 0 Å². The number of hydrogen-bond acceptors (Lipinski definition) is 7. The van der Waals surface area contributed by atoms with Gasteiger partial charge in [-0.2, -0.15) is 10.2 Å². The van der Waals surface area contributed by atoms with Crippen LogP contribution in [0.1, 0.15) is 29.8 Å². The molecule has 0 unspecified atom stereocenters. The Morgan fingerprint density at radius 1 is 0.971 bits per heavy atom. The topological polar surface area (TPSA) is 110 Å². The second-order valence-electron chi connectivity index (χ2n) is 7.17. The number of nitrogens with one attached hydrogen (secondary N) is 1. The quantitative estimate of drug-likeness (QED) is 0.383. The Kier molecular flexibility index (Phi) is 6.84. The van der Waals surface area contributed by atoms with E-state index in [1.54, 1.807) is 48.5 Å². The summed E-state index contributed by atoms with van der Waals surface area (Å²) < 4.78 is 16.8. The van der Waals surface area contributed by atoms with Crippen LogP contribution in [0.15, 0.2) is 71.3 Å². The summed E-state index contributed by atoms with van der Waals surface area (Å²) in [5.41, 5.74) is 2.91. The number of anilines is 1. The molecule has 0 aliphatic rings. The van der Waals surface area contributed by atoms with Gasteiger partial charge < -0.3 is 19.3 Å². The fourth-order valence-corrected chi connectivity index (χ4v) is 3.28. The summed E-state index contributed by atoms with van der Waals surface area (Å²) in [5.74, 6) is 1.70. The van der Waals surface area contributed by atoms with Crippen LogP contribution in [0, 0.1) is 11.3 Å². The van der Waals surface area contributed by atoms with Gasteiger partial charge in [0.15, 0.2) is 11.5 Å². The zero-order chi connectivity index (χ0) is 23.9. The van der Waals surface area contributed by atoms with E-state index >= 15 is 0 Å². The Bertz CT molecular complexity index is 1340. The Morgan fingerprint density at radius 3 is 2.47 bits per heavy atom. The number of benzene rings is 3. The molecule has 4 rings (SSSR count).